The van der Waals surface area contributed by atoms with E-state index < -0.39 is 0 Å². The molecule has 0 saturated heterocycles. The van der Waals surface area contributed by atoms with Gasteiger partial charge in [0.25, 0.3) is 0 Å². The smallest absolute Gasteiger partial charge is 0.172 e. The van der Waals surface area contributed by atoms with E-state index in [1.807, 2.05) is 37.3 Å². The number of rotatable bonds is 5. The van der Waals surface area contributed by atoms with E-state index in [4.69, 9.17) is 9.72 Å². The first kappa shape index (κ1) is 17.5. The highest BCUT2D eigenvalue weighted by Gasteiger charge is 2.12. The van der Waals surface area contributed by atoms with Gasteiger partial charge in [-0.2, -0.15) is 9.61 Å². The van der Waals surface area contributed by atoms with Crippen LogP contribution in [-0.4, -0.2) is 26.7 Å². The van der Waals surface area contributed by atoms with Crippen molar-refractivity contribution in [3.63, 3.8) is 0 Å². The molecule has 7 heteroatoms. The fourth-order valence-corrected chi connectivity index (χ4v) is 3.29. The third-order valence-corrected chi connectivity index (χ3v) is 4.90. The van der Waals surface area contributed by atoms with E-state index in [2.05, 4.69) is 37.4 Å². The first-order chi connectivity index (χ1) is 13.2. The Morgan fingerprint density at radius 1 is 1.15 bits per heavy atom. The van der Waals surface area contributed by atoms with Gasteiger partial charge in [-0.1, -0.05) is 0 Å². The van der Waals surface area contributed by atoms with Crippen LogP contribution in [-0.2, 0) is 6.54 Å². The molecule has 136 valence electrons. The number of anilines is 1. The number of benzene rings is 1. The van der Waals surface area contributed by atoms with Crippen LogP contribution in [0.3, 0.4) is 0 Å². The molecule has 0 saturated carbocycles. The van der Waals surface area contributed by atoms with E-state index in [1.54, 1.807) is 30.2 Å². The Morgan fingerprint density at radius 2 is 1.96 bits per heavy atom. The van der Waals surface area contributed by atoms with Gasteiger partial charge in [-0.25, -0.2) is 4.98 Å². The lowest BCUT2D eigenvalue weighted by molar-refractivity contribution is 0.412. The summed E-state index contributed by atoms with van der Waals surface area (Å²) in [5, 5.41) is 7.87. The first-order valence-electron chi connectivity index (χ1n) is 8.48. The summed E-state index contributed by atoms with van der Waals surface area (Å²) < 4.78 is 8.01. The summed E-state index contributed by atoms with van der Waals surface area (Å²) in [5.74, 6) is 1.73. The number of aromatic nitrogens is 4. The summed E-state index contributed by atoms with van der Waals surface area (Å²) in [6, 6.07) is 12.0. The Labute approximate surface area is 165 Å². The number of nitrogens with one attached hydrogen (secondary N) is 1. The van der Waals surface area contributed by atoms with Crippen molar-refractivity contribution >= 4 is 27.4 Å². The van der Waals surface area contributed by atoms with Crippen molar-refractivity contribution in [2.45, 2.75) is 13.5 Å². The maximum absolute atomic E-state index is 5.36. The molecule has 1 aromatic carbocycles. The first-order valence-corrected chi connectivity index (χ1v) is 9.27. The largest absolute Gasteiger partial charge is 0.496 e. The van der Waals surface area contributed by atoms with Gasteiger partial charge < -0.3 is 10.1 Å². The van der Waals surface area contributed by atoms with Crippen LogP contribution in [0.15, 0.2) is 59.5 Å². The van der Waals surface area contributed by atoms with Gasteiger partial charge in [-0.05, 0) is 64.3 Å². The van der Waals surface area contributed by atoms with E-state index in [0.29, 0.717) is 6.54 Å². The molecule has 4 aromatic rings. The molecular formula is C20H18BrN5O. The summed E-state index contributed by atoms with van der Waals surface area (Å²) in [4.78, 5) is 8.84. The molecule has 3 aromatic heterocycles. The molecule has 0 amide bonds. The average Bonchev–Trinajstić information content (AvgIpc) is 3.08. The number of hydrogen-bond acceptors (Lipinski definition) is 5. The molecule has 0 aliphatic heterocycles. The third kappa shape index (κ3) is 3.50. The molecular weight excluding hydrogens is 406 g/mol. The normalized spacial score (nSPS) is 10.9. The van der Waals surface area contributed by atoms with E-state index in [0.717, 1.165) is 44.1 Å². The Morgan fingerprint density at radius 3 is 2.70 bits per heavy atom. The van der Waals surface area contributed by atoms with Crippen LogP contribution < -0.4 is 10.1 Å². The number of hydrogen-bond donors (Lipinski definition) is 1. The van der Waals surface area contributed by atoms with Gasteiger partial charge in [-0.15, -0.1) is 0 Å². The Bertz CT molecular complexity index is 1090. The van der Waals surface area contributed by atoms with Crippen molar-refractivity contribution in [1.29, 1.82) is 0 Å². The standard InChI is InChI=1S/C20H18BrN5O/c1-13-9-15(3-4-18(13)27-2)17-10-19(23-11-14-5-7-22-8-6-14)26-20(25-17)16(21)12-24-26/h3-10,12,23H,11H2,1-2H3. The van der Waals surface area contributed by atoms with Gasteiger partial charge in [0.2, 0.25) is 0 Å². The van der Waals surface area contributed by atoms with E-state index in [9.17, 15) is 0 Å². The lowest BCUT2D eigenvalue weighted by atomic mass is 10.1. The molecule has 0 unspecified atom stereocenters. The monoisotopic (exact) mass is 423 g/mol. The van der Waals surface area contributed by atoms with Gasteiger partial charge in [-0.3, -0.25) is 4.98 Å². The van der Waals surface area contributed by atoms with Crippen molar-refractivity contribution in [2.75, 3.05) is 12.4 Å². The topological polar surface area (TPSA) is 64.3 Å². The molecule has 6 nitrogen and oxygen atoms in total. The molecule has 0 fully saturated rings. The fourth-order valence-electron chi connectivity index (χ4n) is 2.94. The third-order valence-electron chi connectivity index (χ3n) is 4.34. The Hall–Kier alpha value is -2.93. The highest BCUT2D eigenvalue weighted by molar-refractivity contribution is 9.10. The predicted octanol–water partition coefficient (Wildman–Crippen LogP) is 4.48. The SMILES string of the molecule is COc1ccc(-c2cc(NCc3ccncc3)n3ncc(Br)c3n2)cc1C. The van der Waals surface area contributed by atoms with Crippen LogP contribution in [0.25, 0.3) is 16.9 Å². The summed E-state index contributed by atoms with van der Waals surface area (Å²) in [7, 11) is 1.68. The summed E-state index contributed by atoms with van der Waals surface area (Å²) in [6.07, 6.45) is 5.33. The Kier molecular flexibility index (Phi) is 4.77. The lowest BCUT2D eigenvalue weighted by Crippen LogP contribution is -2.06. The molecule has 4 rings (SSSR count). The van der Waals surface area contributed by atoms with E-state index >= 15 is 0 Å². The molecule has 27 heavy (non-hydrogen) atoms. The van der Waals surface area contributed by atoms with Crippen molar-refractivity contribution < 1.29 is 4.74 Å². The van der Waals surface area contributed by atoms with Gasteiger partial charge in [0.1, 0.15) is 11.6 Å². The number of fused-ring (bicyclic) bond motifs is 1. The molecule has 0 aliphatic carbocycles. The molecule has 0 bridgehead atoms. The van der Waals surface area contributed by atoms with Crippen LogP contribution in [0.1, 0.15) is 11.1 Å². The number of pyridine rings is 1. The van der Waals surface area contributed by atoms with Crippen molar-refractivity contribution in [3.05, 3.63) is 70.6 Å². The zero-order valence-corrected chi connectivity index (χ0v) is 16.6. The van der Waals surface area contributed by atoms with Crippen molar-refractivity contribution in [1.82, 2.24) is 19.6 Å². The van der Waals surface area contributed by atoms with Crippen molar-refractivity contribution in [3.8, 4) is 17.0 Å². The Balaban J connectivity index is 1.75. The van der Waals surface area contributed by atoms with Crippen LogP contribution in [0.2, 0.25) is 0 Å². The number of methoxy groups -OCH3 is 1. The quantitative estimate of drug-likeness (QED) is 0.512. The second-order valence-corrected chi connectivity index (χ2v) is 7.00. The van der Waals surface area contributed by atoms with E-state index in [-0.39, 0.29) is 0 Å². The predicted molar refractivity (Wildman–Crippen MR) is 109 cm³/mol. The fraction of sp³-hybridized carbons (Fsp3) is 0.150. The van der Waals surface area contributed by atoms with Gasteiger partial charge in [0, 0.05) is 30.6 Å². The zero-order valence-electron chi connectivity index (χ0n) is 15.0. The highest BCUT2D eigenvalue weighted by atomic mass is 79.9. The van der Waals surface area contributed by atoms with Gasteiger partial charge in [0.05, 0.1) is 23.5 Å². The van der Waals surface area contributed by atoms with Crippen LogP contribution in [0.4, 0.5) is 5.82 Å². The minimum absolute atomic E-state index is 0.667. The van der Waals surface area contributed by atoms with Crippen LogP contribution in [0.5, 0.6) is 5.75 Å². The molecule has 1 N–H and O–H groups in total. The minimum Gasteiger partial charge on any atom is -0.496 e. The molecule has 0 spiro atoms. The van der Waals surface area contributed by atoms with Crippen LogP contribution >= 0.6 is 15.9 Å². The maximum Gasteiger partial charge on any atom is 0.172 e. The molecule has 0 atom stereocenters. The number of nitrogens with zero attached hydrogens (tertiary/aromatic N) is 4. The maximum atomic E-state index is 5.36. The zero-order chi connectivity index (χ0) is 18.8. The van der Waals surface area contributed by atoms with E-state index in [1.165, 1.54) is 0 Å². The van der Waals surface area contributed by atoms with Crippen molar-refractivity contribution in [2.24, 2.45) is 0 Å². The number of ether oxygens (including phenoxy) is 1. The average molecular weight is 424 g/mol. The lowest BCUT2D eigenvalue weighted by Gasteiger charge is -2.12. The molecule has 0 aliphatic rings. The second kappa shape index (κ2) is 7.36. The van der Waals surface area contributed by atoms with Gasteiger partial charge >= 0.3 is 0 Å². The summed E-state index contributed by atoms with van der Waals surface area (Å²) >= 11 is 3.54. The second-order valence-electron chi connectivity index (χ2n) is 6.15. The van der Waals surface area contributed by atoms with Crippen LogP contribution in [0, 0.1) is 6.92 Å². The minimum atomic E-state index is 0.667. The molecule has 3 heterocycles. The number of aryl methyl sites for hydroxylation is 1. The molecule has 0 radical (unpaired) electrons. The summed E-state index contributed by atoms with van der Waals surface area (Å²) in [6.45, 7) is 2.69. The van der Waals surface area contributed by atoms with Gasteiger partial charge in [0.15, 0.2) is 5.65 Å². The summed E-state index contributed by atoms with van der Waals surface area (Å²) in [5.41, 5.74) is 4.86. The highest BCUT2D eigenvalue weighted by Crippen LogP contribution is 2.29. The number of halogens is 1.